The van der Waals surface area contributed by atoms with E-state index in [0.717, 1.165) is 17.1 Å². The summed E-state index contributed by atoms with van der Waals surface area (Å²) in [5.41, 5.74) is 1.56. The Hall–Kier alpha value is -2.74. The number of anilines is 1. The number of hydrogen-bond acceptors (Lipinski definition) is 5. The maximum absolute atomic E-state index is 13.1. The number of pyridine rings is 1. The van der Waals surface area contributed by atoms with Crippen LogP contribution in [0.4, 0.5) is 5.82 Å². The van der Waals surface area contributed by atoms with Crippen molar-refractivity contribution in [3.05, 3.63) is 41.9 Å². The summed E-state index contributed by atoms with van der Waals surface area (Å²) in [5, 5.41) is 4.74. The maximum Gasteiger partial charge on any atom is 0.248 e. The van der Waals surface area contributed by atoms with Gasteiger partial charge in [0.25, 0.3) is 0 Å². The number of carbonyl (C=O) groups is 2. The number of nitrogens with zero attached hydrogens (tertiary/aromatic N) is 5. The molecule has 2 aromatic heterocycles. The van der Waals surface area contributed by atoms with Gasteiger partial charge in [-0.1, -0.05) is 0 Å². The van der Waals surface area contributed by atoms with Crippen molar-refractivity contribution in [3.8, 4) is 0 Å². The van der Waals surface area contributed by atoms with Crippen molar-refractivity contribution < 1.29 is 14.3 Å². The average Bonchev–Trinajstić information content (AvgIpc) is 3.09. The van der Waals surface area contributed by atoms with Crippen LogP contribution < -0.4 is 4.90 Å². The van der Waals surface area contributed by atoms with Crippen molar-refractivity contribution in [2.24, 2.45) is 0 Å². The number of aryl methyl sites for hydroxylation is 1. The molecule has 2 amide bonds. The third-order valence-electron chi connectivity index (χ3n) is 5.72. The summed E-state index contributed by atoms with van der Waals surface area (Å²) in [6.45, 7) is 3.76. The highest BCUT2D eigenvalue weighted by Crippen LogP contribution is 2.41. The fourth-order valence-corrected chi connectivity index (χ4v) is 4.22. The van der Waals surface area contributed by atoms with Gasteiger partial charge in [-0.05, 0) is 37.5 Å². The number of aromatic nitrogens is 3. The average molecular weight is 383 g/mol. The predicted octanol–water partition coefficient (Wildman–Crippen LogP) is 1.49. The SMILES string of the molecule is COCC(=O)N1CCC2(CC1)CC(=O)N(Cc1ccncc1)c1cc(C)nn12. The molecule has 0 atom stereocenters. The lowest BCUT2D eigenvalue weighted by molar-refractivity contribution is -0.138. The summed E-state index contributed by atoms with van der Waals surface area (Å²) in [4.78, 5) is 32.9. The van der Waals surface area contributed by atoms with Gasteiger partial charge in [-0.2, -0.15) is 5.10 Å². The maximum atomic E-state index is 13.1. The Bertz CT molecular complexity index is 871. The first-order valence-corrected chi connectivity index (χ1v) is 9.55. The molecular weight excluding hydrogens is 358 g/mol. The fourth-order valence-electron chi connectivity index (χ4n) is 4.22. The monoisotopic (exact) mass is 383 g/mol. The standard InChI is InChI=1S/C20H25N5O3/c1-15-11-17-24(13-16-3-7-21-8-4-16)18(26)12-20(25(17)22-15)5-9-23(10-6-20)19(27)14-28-2/h3-4,7-8,11H,5-6,9-10,12-14H2,1-2H3. The van der Waals surface area contributed by atoms with Gasteiger partial charge in [0, 0.05) is 38.7 Å². The molecule has 0 unspecified atom stereocenters. The van der Waals surface area contributed by atoms with Gasteiger partial charge in [0.05, 0.1) is 24.2 Å². The van der Waals surface area contributed by atoms with Gasteiger partial charge in [0.2, 0.25) is 11.8 Å². The molecular formula is C20H25N5O3. The van der Waals surface area contributed by atoms with Gasteiger partial charge in [0.15, 0.2) is 0 Å². The molecule has 2 aliphatic heterocycles. The van der Waals surface area contributed by atoms with Crippen LogP contribution in [-0.2, 0) is 26.4 Å². The summed E-state index contributed by atoms with van der Waals surface area (Å²) < 4.78 is 7.00. The van der Waals surface area contributed by atoms with Gasteiger partial charge in [-0.25, -0.2) is 4.68 Å². The lowest BCUT2D eigenvalue weighted by atomic mass is 9.82. The number of rotatable bonds is 4. The highest BCUT2D eigenvalue weighted by molar-refractivity contribution is 5.94. The molecule has 0 saturated carbocycles. The zero-order valence-electron chi connectivity index (χ0n) is 16.3. The van der Waals surface area contributed by atoms with Crippen molar-refractivity contribution in [2.75, 3.05) is 31.7 Å². The Morgan fingerprint density at radius 2 is 1.96 bits per heavy atom. The van der Waals surface area contributed by atoms with Crippen molar-refractivity contribution in [2.45, 2.75) is 38.3 Å². The van der Waals surface area contributed by atoms with Gasteiger partial charge in [0.1, 0.15) is 12.4 Å². The van der Waals surface area contributed by atoms with Crippen molar-refractivity contribution in [1.29, 1.82) is 0 Å². The van der Waals surface area contributed by atoms with E-state index in [0.29, 0.717) is 38.9 Å². The molecule has 4 heterocycles. The zero-order chi connectivity index (χ0) is 19.7. The van der Waals surface area contributed by atoms with Crippen molar-refractivity contribution >= 4 is 17.6 Å². The van der Waals surface area contributed by atoms with Crippen LogP contribution in [0.25, 0.3) is 0 Å². The number of carbonyl (C=O) groups excluding carboxylic acids is 2. The van der Waals surface area contributed by atoms with Crippen LogP contribution in [0.2, 0.25) is 0 Å². The van der Waals surface area contributed by atoms with Crippen LogP contribution in [0.5, 0.6) is 0 Å². The molecule has 8 heteroatoms. The second-order valence-electron chi connectivity index (χ2n) is 7.61. The number of methoxy groups -OCH3 is 1. The Kier molecular flexibility index (Phi) is 4.89. The van der Waals surface area contributed by atoms with Crippen LogP contribution in [0.15, 0.2) is 30.6 Å². The normalized spacial score (nSPS) is 18.4. The van der Waals surface area contributed by atoms with E-state index in [1.54, 1.807) is 12.4 Å². The number of amides is 2. The number of ether oxygens (including phenoxy) is 1. The van der Waals surface area contributed by atoms with Crippen LogP contribution in [0.1, 0.15) is 30.5 Å². The molecule has 148 valence electrons. The summed E-state index contributed by atoms with van der Waals surface area (Å²) in [5.74, 6) is 0.929. The van der Waals surface area contributed by atoms with Crippen molar-refractivity contribution in [3.63, 3.8) is 0 Å². The van der Waals surface area contributed by atoms with E-state index < -0.39 is 0 Å². The summed E-state index contributed by atoms with van der Waals surface area (Å²) in [7, 11) is 1.53. The minimum Gasteiger partial charge on any atom is -0.375 e. The van der Waals surface area contributed by atoms with E-state index in [-0.39, 0.29) is 24.0 Å². The van der Waals surface area contributed by atoms with E-state index in [1.807, 2.05) is 39.6 Å². The number of piperidine rings is 1. The first-order valence-electron chi connectivity index (χ1n) is 9.55. The molecule has 2 aliphatic rings. The van der Waals surface area contributed by atoms with Crippen molar-refractivity contribution in [1.82, 2.24) is 19.7 Å². The molecule has 8 nitrogen and oxygen atoms in total. The molecule has 2 aromatic rings. The Morgan fingerprint density at radius 3 is 2.64 bits per heavy atom. The van der Waals surface area contributed by atoms with Crippen LogP contribution in [0, 0.1) is 6.92 Å². The molecule has 1 fully saturated rings. The number of hydrogen-bond donors (Lipinski definition) is 0. The molecule has 0 N–H and O–H groups in total. The third-order valence-corrected chi connectivity index (χ3v) is 5.72. The lowest BCUT2D eigenvalue weighted by Crippen LogP contribution is -2.55. The molecule has 28 heavy (non-hydrogen) atoms. The molecule has 1 saturated heterocycles. The minimum atomic E-state index is -0.362. The molecule has 0 bridgehead atoms. The van der Waals surface area contributed by atoms with Crippen LogP contribution in [0.3, 0.4) is 0 Å². The van der Waals surface area contributed by atoms with Gasteiger partial charge < -0.3 is 9.64 Å². The van der Waals surface area contributed by atoms with E-state index in [1.165, 1.54) is 7.11 Å². The summed E-state index contributed by atoms with van der Waals surface area (Å²) >= 11 is 0. The van der Waals surface area contributed by atoms with Gasteiger partial charge in [-0.15, -0.1) is 0 Å². The minimum absolute atomic E-state index is 0.00401. The molecule has 1 spiro atoms. The largest absolute Gasteiger partial charge is 0.375 e. The highest BCUT2D eigenvalue weighted by atomic mass is 16.5. The zero-order valence-corrected chi connectivity index (χ0v) is 16.3. The molecule has 0 aliphatic carbocycles. The number of fused-ring (bicyclic) bond motifs is 2. The predicted molar refractivity (Wildman–Crippen MR) is 103 cm³/mol. The molecule has 0 radical (unpaired) electrons. The Balaban J connectivity index is 1.60. The fraction of sp³-hybridized carbons (Fsp3) is 0.500. The van der Waals surface area contributed by atoms with Gasteiger partial charge in [-0.3, -0.25) is 19.5 Å². The Morgan fingerprint density at radius 1 is 1.25 bits per heavy atom. The smallest absolute Gasteiger partial charge is 0.248 e. The van der Waals surface area contributed by atoms with E-state index in [4.69, 9.17) is 9.84 Å². The quantitative estimate of drug-likeness (QED) is 0.799. The van der Waals surface area contributed by atoms with E-state index >= 15 is 0 Å². The van der Waals surface area contributed by atoms with E-state index in [9.17, 15) is 9.59 Å². The van der Waals surface area contributed by atoms with Crippen LogP contribution >= 0.6 is 0 Å². The summed E-state index contributed by atoms with van der Waals surface area (Å²) in [6, 6.07) is 5.82. The summed E-state index contributed by atoms with van der Waals surface area (Å²) in [6.07, 6.45) is 5.30. The lowest BCUT2D eigenvalue weighted by Gasteiger charge is -2.46. The molecule has 4 rings (SSSR count). The highest BCUT2D eigenvalue weighted by Gasteiger charge is 2.46. The van der Waals surface area contributed by atoms with Gasteiger partial charge >= 0.3 is 0 Å². The van der Waals surface area contributed by atoms with Crippen LogP contribution in [-0.4, -0.2) is 58.3 Å². The second-order valence-corrected chi connectivity index (χ2v) is 7.61. The molecule has 0 aromatic carbocycles. The van der Waals surface area contributed by atoms with E-state index in [2.05, 4.69) is 4.98 Å². The second kappa shape index (κ2) is 7.35. The topological polar surface area (TPSA) is 80.6 Å². The first kappa shape index (κ1) is 18.6. The first-order chi connectivity index (χ1) is 13.5. The Labute approximate surface area is 164 Å². The third kappa shape index (κ3) is 3.28. The number of likely N-dealkylation sites (tertiary alicyclic amines) is 1.